The molecule has 1 aromatic rings. The van der Waals surface area contributed by atoms with Gasteiger partial charge in [-0.1, -0.05) is 23.7 Å². The fourth-order valence-electron chi connectivity index (χ4n) is 1.85. The Morgan fingerprint density at radius 3 is 2.55 bits per heavy atom. The molecule has 0 heterocycles. The topological polar surface area (TPSA) is 72.8 Å². The van der Waals surface area contributed by atoms with Crippen LogP contribution in [-0.2, 0) is 11.2 Å². The number of hydrogen-bond donors (Lipinski definition) is 3. The molecule has 20 heavy (non-hydrogen) atoms. The third-order valence-electron chi connectivity index (χ3n) is 2.82. The molecule has 0 saturated heterocycles. The molecule has 0 saturated carbocycles. The van der Waals surface area contributed by atoms with Gasteiger partial charge in [0, 0.05) is 24.7 Å². The Morgan fingerprint density at radius 2 is 1.95 bits per heavy atom. The van der Waals surface area contributed by atoms with Crippen molar-refractivity contribution in [3.63, 3.8) is 0 Å². The molecular weight excluding hydrogens is 280 g/mol. The van der Waals surface area contributed by atoms with Gasteiger partial charge in [-0.05, 0) is 24.1 Å². The Kier molecular flexibility index (Phi) is 8.22. The summed E-state index contributed by atoms with van der Waals surface area (Å²) in [5.41, 5.74) is 1.07. The normalized spacial score (nSPS) is 10.8. The van der Waals surface area contributed by atoms with E-state index in [0.29, 0.717) is 31.1 Å². The summed E-state index contributed by atoms with van der Waals surface area (Å²) >= 11 is 5.88. The van der Waals surface area contributed by atoms with E-state index in [4.69, 9.17) is 21.8 Å². The quantitative estimate of drug-likeness (QED) is 0.613. The maximum absolute atomic E-state index is 11.7. The van der Waals surface area contributed by atoms with Crippen LogP contribution in [0.1, 0.15) is 5.56 Å². The van der Waals surface area contributed by atoms with Gasteiger partial charge in [0.15, 0.2) is 0 Å². The molecule has 0 atom stereocenters. The lowest BCUT2D eigenvalue weighted by Gasteiger charge is -2.19. The monoisotopic (exact) mass is 300 g/mol. The number of aliphatic hydroxyl groups excluding tert-OH is 2. The lowest BCUT2D eigenvalue weighted by molar-refractivity contribution is -0.122. The SMILES string of the molecule is O=C(CN(CCO)CCO)NCCc1cccc(Cl)c1. The molecular formula is C14H21ClN2O3. The van der Waals surface area contributed by atoms with E-state index in [1.54, 1.807) is 4.90 Å². The zero-order chi connectivity index (χ0) is 14.8. The van der Waals surface area contributed by atoms with Gasteiger partial charge in [-0.3, -0.25) is 9.69 Å². The van der Waals surface area contributed by atoms with Gasteiger partial charge in [-0.15, -0.1) is 0 Å². The first-order valence-corrected chi connectivity index (χ1v) is 6.98. The van der Waals surface area contributed by atoms with E-state index in [1.165, 1.54) is 0 Å². The van der Waals surface area contributed by atoms with Crippen molar-refractivity contribution in [2.75, 3.05) is 39.4 Å². The average molecular weight is 301 g/mol. The van der Waals surface area contributed by atoms with E-state index in [1.807, 2.05) is 24.3 Å². The Morgan fingerprint density at radius 1 is 1.25 bits per heavy atom. The van der Waals surface area contributed by atoms with Crippen LogP contribution in [0.4, 0.5) is 0 Å². The standard InChI is InChI=1S/C14H21ClN2O3/c15-13-3-1-2-12(10-13)4-5-16-14(20)11-17(6-8-18)7-9-19/h1-3,10,18-19H,4-9,11H2,(H,16,20). The second-order valence-corrected chi connectivity index (χ2v) is 4.89. The molecule has 0 aliphatic rings. The van der Waals surface area contributed by atoms with Crippen LogP contribution in [0.25, 0.3) is 0 Å². The van der Waals surface area contributed by atoms with Crippen molar-refractivity contribution in [2.45, 2.75) is 6.42 Å². The first-order valence-electron chi connectivity index (χ1n) is 6.61. The second kappa shape index (κ2) is 9.72. The number of benzene rings is 1. The van der Waals surface area contributed by atoms with Crippen LogP contribution >= 0.6 is 11.6 Å². The van der Waals surface area contributed by atoms with Crippen molar-refractivity contribution >= 4 is 17.5 Å². The highest BCUT2D eigenvalue weighted by atomic mass is 35.5. The maximum atomic E-state index is 11.7. The van der Waals surface area contributed by atoms with E-state index >= 15 is 0 Å². The van der Waals surface area contributed by atoms with Crippen LogP contribution in [0.2, 0.25) is 5.02 Å². The number of carbonyl (C=O) groups is 1. The number of halogens is 1. The molecule has 1 rings (SSSR count). The predicted molar refractivity (Wildman–Crippen MR) is 78.8 cm³/mol. The van der Waals surface area contributed by atoms with Crippen molar-refractivity contribution in [3.05, 3.63) is 34.9 Å². The molecule has 0 radical (unpaired) electrons. The van der Waals surface area contributed by atoms with Gasteiger partial charge in [-0.2, -0.15) is 0 Å². The number of amides is 1. The van der Waals surface area contributed by atoms with Crippen LogP contribution in [0.3, 0.4) is 0 Å². The van der Waals surface area contributed by atoms with Crippen molar-refractivity contribution in [1.29, 1.82) is 0 Å². The molecule has 0 bridgehead atoms. The maximum Gasteiger partial charge on any atom is 0.234 e. The highest BCUT2D eigenvalue weighted by Gasteiger charge is 2.09. The number of aliphatic hydroxyl groups is 2. The molecule has 0 aromatic heterocycles. The highest BCUT2D eigenvalue weighted by molar-refractivity contribution is 6.30. The highest BCUT2D eigenvalue weighted by Crippen LogP contribution is 2.10. The Labute approximate surface area is 124 Å². The van der Waals surface area contributed by atoms with Crippen LogP contribution in [0.5, 0.6) is 0 Å². The summed E-state index contributed by atoms with van der Waals surface area (Å²) in [7, 11) is 0. The van der Waals surface area contributed by atoms with Crippen molar-refractivity contribution in [2.24, 2.45) is 0 Å². The third-order valence-corrected chi connectivity index (χ3v) is 3.06. The number of carbonyl (C=O) groups excluding carboxylic acids is 1. The molecule has 0 aliphatic heterocycles. The summed E-state index contributed by atoms with van der Waals surface area (Å²) < 4.78 is 0. The minimum absolute atomic E-state index is 0.0319. The molecule has 1 amide bonds. The lowest BCUT2D eigenvalue weighted by atomic mass is 10.1. The molecule has 0 unspecified atom stereocenters. The van der Waals surface area contributed by atoms with Crippen molar-refractivity contribution in [3.8, 4) is 0 Å². The van der Waals surface area contributed by atoms with Gasteiger partial charge in [-0.25, -0.2) is 0 Å². The van der Waals surface area contributed by atoms with Gasteiger partial charge in [0.05, 0.1) is 19.8 Å². The van der Waals surface area contributed by atoms with Gasteiger partial charge in [0.1, 0.15) is 0 Å². The summed E-state index contributed by atoms with van der Waals surface area (Å²) in [6, 6.07) is 7.52. The number of nitrogens with one attached hydrogen (secondary N) is 1. The Hall–Kier alpha value is -1.14. The zero-order valence-corrected chi connectivity index (χ0v) is 12.1. The second-order valence-electron chi connectivity index (χ2n) is 4.45. The lowest BCUT2D eigenvalue weighted by Crippen LogP contribution is -2.40. The average Bonchev–Trinajstić information content (AvgIpc) is 2.39. The smallest absolute Gasteiger partial charge is 0.234 e. The van der Waals surface area contributed by atoms with Gasteiger partial charge >= 0.3 is 0 Å². The number of rotatable bonds is 9. The molecule has 0 spiro atoms. The summed E-state index contributed by atoms with van der Waals surface area (Å²) in [5, 5.41) is 21.2. The molecule has 6 heteroatoms. The summed E-state index contributed by atoms with van der Waals surface area (Å²) in [6.07, 6.45) is 0.715. The van der Waals surface area contributed by atoms with E-state index < -0.39 is 0 Å². The zero-order valence-electron chi connectivity index (χ0n) is 11.4. The number of nitrogens with zero attached hydrogens (tertiary/aromatic N) is 1. The van der Waals surface area contributed by atoms with Crippen LogP contribution in [0.15, 0.2) is 24.3 Å². The Balaban J connectivity index is 2.28. The van der Waals surface area contributed by atoms with Gasteiger partial charge in [0.25, 0.3) is 0 Å². The molecule has 0 fully saturated rings. The molecule has 3 N–H and O–H groups in total. The number of hydrogen-bond acceptors (Lipinski definition) is 4. The minimum Gasteiger partial charge on any atom is -0.395 e. The summed E-state index contributed by atoms with van der Waals surface area (Å²) in [5.74, 6) is -0.117. The molecule has 1 aromatic carbocycles. The molecule has 5 nitrogen and oxygen atoms in total. The van der Waals surface area contributed by atoms with E-state index in [0.717, 1.165) is 5.56 Å². The summed E-state index contributed by atoms with van der Waals surface area (Å²) in [6.45, 7) is 1.40. The van der Waals surface area contributed by atoms with E-state index in [9.17, 15) is 4.79 Å². The first-order chi connectivity index (χ1) is 9.65. The van der Waals surface area contributed by atoms with Gasteiger partial charge in [0.2, 0.25) is 5.91 Å². The Bertz CT molecular complexity index is 409. The van der Waals surface area contributed by atoms with Crippen molar-refractivity contribution in [1.82, 2.24) is 10.2 Å². The minimum atomic E-state index is -0.117. The van der Waals surface area contributed by atoms with Crippen molar-refractivity contribution < 1.29 is 15.0 Å². The molecule has 112 valence electrons. The fraction of sp³-hybridized carbons (Fsp3) is 0.500. The fourth-order valence-corrected chi connectivity index (χ4v) is 2.06. The van der Waals surface area contributed by atoms with Crippen LogP contribution < -0.4 is 5.32 Å². The molecule has 0 aliphatic carbocycles. The third kappa shape index (κ3) is 6.86. The van der Waals surface area contributed by atoms with Gasteiger partial charge < -0.3 is 15.5 Å². The predicted octanol–water partition coefficient (Wildman–Crippen LogP) is 0.285. The van der Waals surface area contributed by atoms with Crippen LogP contribution in [0, 0.1) is 0 Å². The van der Waals surface area contributed by atoms with Crippen LogP contribution in [-0.4, -0.2) is 60.4 Å². The summed E-state index contributed by atoms with van der Waals surface area (Å²) in [4.78, 5) is 13.4. The van der Waals surface area contributed by atoms with E-state index in [-0.39, 0.29) is 25.7 Å². The van der Waals surface area contributed by atoms with E-state index in [2.05, 4.69) is 5.32 Å². The largest absolute Gasteiger partial charge is 0.395 e. The first kappa shape index (κ1) is 16.9.